The Morgan fingerprint density at radius 2 is 1.36 bits per heavy atom. The molecule has 49 heteroatoms. The van der Waals surface area contributed by atoms with Crippen LogP contribution in [-0.2, 0) is 67.5 Å². The number of nitrogens with zero attached hydrogens (tertiary/aromatic N) is 2. The van der Waals surface area contributed by atoms with Crippen molar-refractivity contribution < 1.29 is 153 Å². The summed E-state index contributed by atoms with van der Waals surface area (Å²) < 4.78 is 114. The second-order valence-corrected chi connectivity index (χ2v) is 35.0. The average molecular weight is 1920 g/mol. The Kier molecular flexibility index (Phi) is 31.9. The molecule has 23 N–H and O–H groups in total. The molecule has 3 fully saturated rings. The van der Waals surface area contributed by atoms with Gasteiger partial charge in [-0.2, -0.15) is 8.42 Å². The Morgan fingerprint density at radius 3 is 1.97 bits per heavy atom. The monoisotopic (exact) mass is 1910 g/mol. The third-order valence-corrected chi connectivity index (χ3v) is 23.9. The molecule has 0 radical (unpaired) electrons. The number of halogens is 5. The number of aromatic hydroxyl groups is 3. The fraction of sp³-hybridized carbons (Fsp3) is 0.458. The Balaban J connectivity index is 0.960. The van der Waals surface area contributed by atoms with Gasteiger partial charge in [-0.3, -0.25) is 58.1 Å². The number of nitrogens with two attached hydrogens (primary N) is 1. The average Bonchev–Trinajstić information content (AvgIpc) is 0.763. The number of aliphatic hydroxyl groups is 6. The number of carbonyl (C=O) groups excluding carboxylic acids is 9. The molecule has 0 saturated carbocycles. The molecule has 11 bridgehead atoms. The number of phenols is 3. The SMILES string of the molecule is CN[C@H](CC(C)C)C(=O)N[C@H]1C(=O)N[C@@H](CC(N)=O)C(=O)N[C@H]2C(=O)N[C@H]3C(=O)N[C@H](C(=O)N[C@@H](C(=O)NOCCCS(=O)(=O)O)c4cc(O)cc(O)c4-c4cc3ccc4O)[C@H](O)c3ccc(c(Cl)c3)Oc3cc2cc(c3O[C@@H]2O[C@H](CO)[C@@H](O)[C@H](O)[C@H]2O[C@H]2C[C@](C)(NCCN3CCN(NC(=O)Nc4ccc(OC(F)(F)F)cc4)CC3)[C@H](O)[C@H](C)O2)Oc2ccc(cc2Cl)[C@H]1O. The fourth-order valence-electron chi connectivity index (χ4n) is 15.8. The number of likely N-dealkylation sites (N-methyl/N-ethyl adjacent to an activating group) is 1. The molecule has 10 amide bonds. The van der Waals surface area contributed by atoms with Crippen LogP contribution >= 0.6 is 23.2 Å². The normalized spacial score (nSPS) is 26.4. The number of benzene rings is 6. The third-order valence-electron chi connectivity index (χ3n) is 22.5. The first-order valence-corrected chi connectivity index (χ1v) is 43.7. The number of ether oxygens (including phenoxy) is 7. The maximum atomic E-state index is 16.4. The molecule has 3 saturated heterocycles. The Labute approximate surface area is 760 Å². The van der Waals surface area contributed by atoms with E-state index in [9.17, 15) is 91.3 Å². The van der Waals surface area contributed by atoms with Crippen LogP contribution in [0, 0.1) is 5.92 Å². The first kappa shape index (κ1) is 99.7. The molecule has 0 spiro atoms. The first-order chi connectivity index (χ1) is 62.3. The maximum Gasteiger partial charge on any atom is 0.573 e. The van der Waals surface area contributed by atoms with Gasteiger partial charge in [0, 0.05) is 74.1 Å². The van der Waals surface area contributed by atoms with Crippen molar-refractivity contribution in [2.45, 2.75) is 169 Å². The van der Waals surface area contributed by atoms with Crippen molar-refractivity contribution in [3.63, 3.8) is 0 Å². The zero-order valence-electron chi connectivity index (χ0n) is 70.9. The number of hydroxylamine groups is 1. The van der Waals surface area contributed by atoms with E-state index in [0.717, 1.165) is 84.9 Å². The van der Waals surface area contributed by atoms with Gasteiger partial charge in [0.1, 0.15) is 101 Å². The number of primary amides is 1. The number of fused-ring (bicyclic) bond motifs is 15. The molecule has 132 heavy (non-hydrogen) atoms. The number of phenolic OH excluding ortho intramolecular Hbond substituents is 3. The van der Waals surface area contributed by atoms with E-state index in [-0.39, 0.29) is 42.1 Å². The van der Waals surface area contributed by atoms with Crippen LogP contribution < -0.4 is 83.4 Å². The molecular weight excluding hydrogens is 1820 g/mol. The lowest BCUT2D eigenvalue weighted by Crippen LogP contribution is -2.66. The van der Waals surface area contributed by atoms with Gasteiger partial charge in [0.2, 0.25) is 53.4 Å². The summed E-state index contributed by atoms with van der Waals surface area (Å²) in [6.45, 7) is 7.17. The second-order valence-electron chi connectivity index (χ2n) is 32.6. The number of amides is 10. The number of aliphatic hydroxyl groups excluding tert-OH is 6. The van der Waals surface area contributed by atoms with Crippen molar-refractivity contribution in [1.29, 1.82) is 0 Å². The van der Waals surface area contributed by atoms with E-state index in [2.05, 4.69) is 58.0 Å². The summed E-state index contributed by atoms with van der Waals surface area (Å²) >= 11 is 14.4. The van der Waals surface area contributed by atoms with Crippen molar-refractivity contribution in [2.75, 3.05) is 70.6 Å². The lowest BCUT2D eigenvalue weighted by atomic mass is 9.85. The number of alkyl halides is 3. The predicted molar refractivity (Wildman–Crippen MR) is 454 cm³/mol. The van der Waals surface area contributed by atoms with Crippen LogP contribution in [-0.4, -0.2) is 273 Å². The number of urea groups is 1. The number of hydrogen-bond acceptors (Lipinski definition) is 32. The quantitative estimate of drug-likeness (QED) is 0.0218. The third kappa shape index (κ3) is 24.4. The van der Waals surface area contributed by atoms with E-state index in [1.165, 1.54) is 32.2 Å². The van der Waals surface area contributed by atoms with Gasteiger partial charge >= 0.3 is 12.4 Å². The lowest BCUT2D eigenvalue weighted by molar-refractivity contribution is -0.334. The number of hydrazine groups is 1. The summed E-state index contributed by atoms with van der Waals surface area (Å²) in [6.07, 6.45) is -24.9. The summed E-state index contributed by atoms with van der Waals surface area (Å²) in [4.78, 5) is 141. The zero-order valence-corrected chi connectivity index (χ0v) is 73.2. The van der Waals surface area contributed by atoms with Crippen LogP contribution in [0.3, 0.4) is 0 Å². The van der Waals surface area contributed by atoms with Crippen molar-refractivity contribution >= 4 is 92.3 Å². The minimum absolute atomic E-state index is 0.142. The first-order valence-electron chi connectivity index (χ1n) is 41.3. The van der Waals surface area contributed by atoms with Crippen molar-refractivity contribution in [1.82, 2.24) is 63.3 Å². The van der Waals surface area contributed by atoms with Crippen molar-refractivity contribution in [2.24, 2.45) is 11.7 Å². The molecule has 14 rings (SSSR count). The number of anilines is 1. The van der Waals surface area contributed by atoms with Gasteiger partial charge in [-0.05, 0) is 146 Å². The lowest BCUT2D eigenvalue weighted by Gasteiger charge is -2.48. The summed E-state index contributed by atoms with van der Waals surface area (Å²) in [5.41, 5.74) is 6.22. The van der Waals surface area contributed by atoms with Crippen LogP contribution in [0.1, 0.15) is 112 Å². The van der Waals surface area contributed by atoms with Crippen LogP contribution in [0.15, 0.2) is 103 Å². The minimum atomic E-state index is -4.92. The summed E-state index contributed by atoms with van der Waals surface area (Å²) in [5.74, 6) is -17.7. The van der Waals surface area contributed by atoms with E-state index in [1.54, 1.807) is 25.8 Å². The predicted octanol–water partition coefficient (Wildman–Crippen LogP) is 1.23. The van der Waals surface area contributed by atoms with Gasteiger partial charge in [-0.15, -0.1) is 13.2 Å². The molecule has 8 aliphatic heterocycles. The highest BCUT2D eigenvalue weighted by molar-refractivity contribution is 7.85. The van der Waals surface area contributed by atoms with E-state index in [4.69, 9.17) is 62.2 Å². The van der Waals surface area contributed by atoms with Gasteiger partial charge in [0.25, 0.3) is 16.0 Å². The Bertz CT molecular complexity index is 5410. The summed E-state index contributed by atoms with van der Waals surface area (Å²) in [6, 6.07) is 2.42. The van der Waals surface area contributed by atoms with Crippen LogP contribution in [0.25, 0.3) is 11.1 Å². The van der Waals surface area contributed by atoms with E-state index >= 15 is 24.0 Å². The van der Waals surface area contributed by atoms with Gasteiger partial charge < -0.3 is 133 Å². The highest BCUT2D eigenvalue weighted by Crippen LogP contribution is 2.50. The molecule has 716 valence electrons. The van der Waals surface area contributed by atoms with Gasteiger partial charge in [0.05, 0.1) is 53.7 Å². The molecule has 18 atom stereocenters. The molecular formula is C83H99Cl2F3N14O29S. The number of nitrogens with one attached hydrogen (secondary N) is 11. The highest BCUT2D eigenvalue weighted by Gasteiger charge is 2.53. The van der Waals surface area contributed by atoms with Crippen molar-refractivity contribution in [3.8, 4) is 62.9 Å². The van der Waals surface area contributed by atoms with Crippen LogP contribution in [0.4, 0.5) is 23.7 Å². The largest absolute Gasteiger partial charge is 0.573 e. The minimum Gasteiger partial charge on any atom is -0.508 e. The fourth-order valence-corrected chi connectivity index (χ4v) is 16.7. The molecule has 8 heterocycles. The number of rotatable bonds is 25. The van der Waals surface area contributed by atoms with Gasteiger partial charge in [-0.1, -0.05) is 55.2 Å². The zero-order chi connectivity index (χ0) is 95.9. The number of hydrogen-bond donors (Lipinski definition) is 22. The number of carbonyl (C=O) groups is 9. The smallest absolute Gasteiger partial charge is 0.508 e. The molecule has 43 nitrogen and oxygen atoms in total. The Hall–Kier alpha value is -11.3. The van der Waals surface area contributed by atoms with Gasteiger partial charge in [-0.25, -0.2) is 15.3 Å². The Morgan fingerprint density at radius 1 is 0.727 bits per heavy atom. The standard InChI is InChI=1S/C83H99Cl2F3N14O29S/c1-36(2)25-49(90-5)73(113)97-64-66(108)39-8-15-53(47(84)27-39)126-55-29-41-30-56(70(55)130-80-71(69(111)68(110)57(35-103)128-80)129-59-34-82(4,72(112)37(3)125-59)91-17-18-101-19-21-102(22-20-101)99-81(120)92-42-10-12-44(13-11-42)131-83(86,87)88)127-54-16-9-40(28-48(54)85)67(109)65-78(118)96-63(79(119)100-124-23-6-24-132(121,122)123)46-31-43(104)32-52(106)60(46)45-26-38(7-14-51(45)105)61(75(115)98-65)95-76(116)62(41)94-74(114)50(33-58(89)107)93-77(64)117/h7-16,26-32,36-37,49-50,57,59,61-69,71-72,80,90-91,103-106,108-112H,6,17-25,33-35H2,1-5H3,(H2,89,107)(H,93,117)(H,94,114)(H,95,116)(H,96,118)(H,97,113)(H,98,115)(H,100,119)(H2,92,99,120)(H,121,122,123)/t37-,49+,50-,57+,59-,61+,62+,63+,64+,65-,66+,67+,68+,69-,71+,72+,80-,82-/m0/s1. The molecule has 0 aliphatic carbocycles. The van der Waals surface area contributed by atoms with E-state index in [0.29, 0.717) is 32.7 Å². The topological polar surface area (TPSA) is 629 Å². The maximum absolute atomic E-state index is 16.4. The molecule has 6 aromatic carbocycles. The van der Waals surface area contributed by atoms with Crippen molar-refractivity contribution in [3.05, 3.63) is 141 Å². The molecule has 6 aromatic rings. The van der Waals surface area contributed by atoms with Gasteiger partial charge in [0.15, 0.2) is 23.9 Å². The molecule has 0 aromatic heterocycles. The van der Waals surface area contributed by atoms with E-state index < -0.39 is 300 Å². The highest BCUT2D eigenvalue weighted by atomic mass is 35.5. The summed E-state index contributed by atoms with van der Waals surface area (Å²) in [7, 11) is -3.10. The number of piperazine rings is 1. The molecule has 8 aliphatic rings. The summed E-state index contributed by atoms with van der Waals surface area (Å²) in [5, 5.41) is 131. The molecule has 0 unspecified atom stereocenters. The van der Waals surface area contributed by atoms with E-state index in [1.807, 2.05) is 10.4 Å². The second kappa shape index (κ2) is 42.3. The van der Waals surface area contributed by atoms with Crippen LogP contribution in [0.5, 0.6) is 51.7 Å². The van der Waals surface area contributed by atoms with Crippen LogP contribution in [0.2, 0.25) is 10.0 Å².